The third-order valence-corrected chi connectivity index (χ3v) is 5.57. The number of carbonyl (C=O) groups is 2. The van der Waals surface area contributed by atoms with Gasteiger partial charge < -0.3 is 25.5 Å². The van der Waals surface area contributed by atoms with Gasteiger partial charge in [0.25, 0.3) is 5.91 Å². The Hall–Kier alpha value is -3.80. The smallest absolute Gasteiger partial charge is 0.256 e. The number of ether oxygens (including phenoxy) is 1. The van der Waals surface area contributed by atoms with E-state index in [-0.39, 0.29) is 24.8 Å². The second kappa shape index (κ2) is 8.92. The molecule has 4 rings (SSSR count). The largest absolute Gasteiger partial charge is 0.495 e. The minimum absolute atomic E-state index is 0.191. The van der Waals surface area contributed by atoms with E-state index in [1.807, 2.05) is 17.5 Å². The topological polar surface area (TPSA) is 103 Å². The van der Waals surface area contributed by atoms with Crippen molar-refractivity contribution in [2.45, 2.75) is 6.42 Å². The zero-order valence-corrected chi connectivity index (χ0v) is 17.4. The van der Waals surface area contributed by atoms with Crippen molar-refractivity contribution in [3.05, 3.63) is 63.6 Å². The third-order valence-electron chi connectivity index (χ3n) is 4.70. The van der Waals surface area contributed by atoms with Crippen LogP contribution in [0.5, 0.6) is 5.75 Å². The van der Waals surface area contributed by atoms with E-state index in [0.29, 0.717) is 39.5 Å². The predicted molar refractivity (Wildman–Crippen MR) is 121 cm³/mol. The van der Waals surface area contributed by atoms with E-state index in [0.717, 1.165) is 4.88 Å². The molecule has 8 heteroatoms. The van der Waals surface area contributed by atoms with Gasteiger partial charge in [-0.05, 0) is 35.7 Å². The molecule has 0 saturated heterocycles. The van der Waals surface area contributed by atoms with E-state index >= 15 is 0 Å². The van der Waals surface area contributed by atoms with Crippen molar-refractivity contribution in [2.24, 2.45) is 0 Å². The zero-order valence-electron chi connectivity index (χ0n) is 16.6. The summed E-state index contributed by atoms with van der Waals surface area (Å²) in [5.41, 5.74) is 3.10. The summed E-state index contributed by atoms with van der Waals surface area (Å²) in [6, 6.07) is 8.97. The molecule has 0 aliphatic carbocycles. The van der Waals surface area contributed by atoms with Crippen LogP contribution in [-0.4, -0.2) is 35.6 Å². The number of hydrogen-bond donors (Lipinski definition) is 4. The molecular weight excluding hydrogens is 414 g/mol. The number of H-pyrrole nitrogens is 1. The maximum absolute atomic E-state index is 12.7. The van der Waals surface area contributed by atoms with Gasteiger partial charge in [-0.2, -0.15) is 0 Å². The zero-order chi connectivity index (χ0) is 21.8. The van der Waals surface area contributed by atoms with Crippen molar-refractivity contribution >= 4 is 46.2 Å². The molecule has 3 aromatic rings. The van der Waals surface area contributed by atoms with E-state index in [1.165, 1.54) is 11.3 Å². The number of carbonyl (C=O) groups excluding carboxylic acids is 2. The lowest BCUT2D eigenvalue weighted by molar-refractivity contribution is -0.115. The fourth-order valence-electron chi connectivity index (χ4n) is 3.36. The number of methoxy groups -OCH3 is 1. The summed E-state index contributed by atoms with van der Waals surface area (Å²) in [4.78, 5) is 29.3. The normalized spacial score (nSPS) is 13.4. The summed E-state index contributed by atoms with van der Waals surface area (Å²) in [5, 5.41) is 16.9. The molecule has 31 heavy (non-hydrogen) atoms. The number of fused-ring (bicyclic) bond motifs is 1. The van der Waals surface area contributed by atoms with Crippen LogP contribution in [0.1, 0.15) is 21.7 Å². The van der Waals surface area contributed by atoms with Crippen LogP contribution in [0.4, 0.5) is 11.4 Å². The molecule has 0 saturated carbocycles. The number of aromatic amines is 1. The molecule has 3 heterocycles. The SMILES string of the molecule is COc1cc[nH]c1/C=C1\C(=O)Nc2ccc(NC(=O)Cc3cccs3)c(C#CCO)c21. The van der Waals surface area contributed by atoms with Gasteiger partial charge in [0.05, 0.1) is 41.7 Å². The third kappa shape index (κ3) is 4.23. The van der Waals surface area contributed by atoms with Crippen molar-refractivity contribution in [1.82, 2.24) is 4.98 Å². The lowest BCUT2D eigenvalue weighted by Crippen LogP contribution is -2.15. The van der Waals surface area contributed by atoms with Gasteiger partial charge in [0.1, 0.15) is 12.4 Å². The van der Waals surface area contributed by atoms with Gasteiger partial charge in [0.15, 0.2) is 0 Å². The standard InChI is InChI=1S/C23H19N3O4S/c1-30-20-8-9-24-19(20)13-16-22-15(5-2-10-27)17(6-7-18(22)26-23(16)29)25-21(28)12-14-4-3-11-31-14/h3-4,6-9,11,13,24,27H,10,12H2,1H3,(H,25,28)(H,26,29)/b16-13-. The number of thiophene rings is 1. The van der Waals surface area contributed by atoms with Gasteiger partial charge in [-0.3, -0.25) is 9.59 Å². The van der Waals surface area contributed by atoms with Crippen molar-refractivity contribution in [3.63, 3.8) is 0 Å². The number of aromatic nitrogens is 1. The summed E-state index contributed by atoms with van der Waals surface area (Å²) in [6.07, 6.45) is 3.63. The Balaban J connectivity index is 1.77. The van der Waals surface area contributed by atoms with Crippen LogP contribution in [-0.2, 0) is 16.0 Å². The Bertz CT molecular complexity index is 1230. The van der Waals surface area contributed by atoms with Gasteiger partial charge in [-0.1, -0.05) is 17.9 Å². The highest BCUT2D eigenvalue weighted by Gasteiger charge is 2.29. The average Bonchev–Trinajstić information content (AvgIpc) is 3.49. The molecule has 0 fully saturated rings. The summed E-state index contributed by atoms with van der Waals surface area (Å²) < 4.78 is 5.32. The van der Waals surface area contributed by atoms with Gasteiger partial charge >= 0.3 is 0 Å². The Kier molecular flexibility index (Phi) is 5.89. The van der Waals surface area contributed by atoms with Crippen LogP contribution in [0.15, 0.2) is 41.9 Å². The van der Waals surface area contributed by atoms with Crippen molar-refractivity contribution in [1.29, 1.82) is 0 Å². The highest BCUT2D eigenvalue weighted by atomic mass is 32.1. The number of rotatable bonds is 5. The maximum Gasteiger partial charge on any atom is 0.256 e. The molecule has 2 amide bonds. The van der Waals surface area contributed by atoms with E-state index < -0.39 is 0 Å². The Morgan fingerprint density at radius 3 is 2.94 bits per heavy atom. The molecule has 4 N–H and O–H groups in total. The molecule has 1 aliphatic heterocycles. The maximum atomic E-state index is 12.7. The second-order valence-corrected chi connectivity index (χ2v) is 7.68. The fourth-order valence-corrected chi connectivity index (χ4v) is 4.06. The van der Waals surface area contributed by atoms with Crippen LogP contribution in [0.25, 0.3) is 11.6 Å². The van der Waals surface area contributed by atoms with E-state index in [1.54, 1.807) is 37.6 Å². The van der Waals surface area contributed by atoms with E-state index in [4.69, 9.17) is 4.74 Å². The first-order valence-electron chi connectivity index (χ1n) is 9.44. The van der Waals surface area contributed by atoms with Crippen LogP contribution in [0.2, 0.25) is 0 Å². The van der Waals surface area contributed by atoms with Crippen molar-refractivity contribution in [3.8, 4) is 17.6 Å². The molecule has 1 aliphatic rings. The van der Waals surface area contributed by atoms with Gasteiger partial charge in [-0.25, -0.2) is 0 Å². The van der Waals surface area contributed by atoms with Crippen LogP contribution >= 0.6 is 11.3 Å². The van der Waals surface area contributed by atoms with Gasteiger partial charge in [0.2, 0.25) is 5.91 Å². The Morgan fingerprint density at radius 2 is 2.19 bits per heavy atom. The number of anilines is 2. The number of benzene rings is 1. The highest BCUT2D eigenvalue weighted by molar-refractivity contribution is 7.10. The number of hydrogen-bond acceptors (Lipinski definition) is 5. The lowest BCUT2D eigenvalue weighted by atomic mass is 9.97. The number of nitrogens with one attached hydrogen (secondary N) is 3. The summed E-state index contributed by atoms with van der Waals surface area (Å²) >= 11 is 1.51. The predicted octanol–water partition coefficient (Wildman–Crippen LogP) is 3.10. The molecule has 0 radical (unpaired) electrons. The fraction of sp³-hybridized carbons (Fsp3) is 0.130. The number of amides is 2. The minimum Gasteiger partial charge on any atom is -0.495 e. The molecule has 156 valence electrons. The first-order chi connectivity index (χ1) is 15.1. The van der Waals surface area contributed by atoms with E-state index in [2.05, 4.69) is 27.5 Å². The van der Waals surface area contributed by atoms with Crippen LogP contribution in [0, 0.1) is 11.8 Å². The first-order valence-corrected chi connectivity index (χ1v) is 10.3. The number of aliphatic hydroxyl groups is 1. The second-order valence-electron chi connectivity index (χ2n) is 6.65. The van der Waals surface area contributed by atoms with Crippen molar-refractivity contribution < 1.29 is 19.4 Å². The lowest BCUT2D eigenvalue weighted by Gasteiger charge is -2.11. The van der Waals surface area contributed by atoms with E-state index in [9.17, 15) is 14.7 Å². The quantitative estimate of drug-likeness (QED) is 0.367. The molecule has 7 nitrogen and oxygen atoms in total. The monoisotopic (exact) mass is 433 g/mol. The Labute approximate surface area is 182 Å². The summed E-state index contributed by atoms with van der Waals surface area (Å²) in [5.74, 6) is 5.64. The molecule has 0 unspecified atom stereocenters. The molecule has 0 spiro atoms. The molecule has 0 atom stereocenters. The summed E-state index contributed by atoms with van der Waals surface area (Å²) in [7, 11) is 1.55. The highest BCUT2D eigenvalue weighted by Crippen LogP contribution is 2.39. The molecular formula is C23H19N3O4S. The number of aliphatic hydroxyl groups excluding tert-OH is 1. The van der Waals surface area contributed by atoms with Crippen molar-refractivity contribution in [2.75, 3.05) is 24.4 Å². The minimum atomic E-state index is -0.350. The average molecular weight is 433 g/mol. The molecule has 1 aromatic carbocycles. The Morgan fingerprint density at radius 1 is 1.32 bits per heavy atom. The van der Waals surface area contributed by atoms with Crippen LogP contribution < -0.4 is 15.4 Å². The van der Waals surface area contributed by atoms with Gasteiger partial charge in [-0.15, -0.1) is 11.3 Å². The molecule has 2 aromatic heterocycles. The van der Waals surface area contributed by atoms with Gasteiger partial charge in [0, 0.05) is 16.6 Å². The van der Waals surface area contributed by atoms with Crippen LogP contribution in [0.3, 0.4) is 0 Å². The first kappa shape index (κ1) is 20.5. The summed E-state index contributed by atoms with van der Waals surface area (Å²) in [6.45, 7) is -0.350. The molecule has 0 bridgehead atoms.